The lowest BCUT2D eigenvalue weighted by atomic mass is 10.4. The standard InChI is InChI=1S/C13H23N3O3S/c1-5-19-12(17)11-10(2)20-13(15-11)14-6-8-18-9-7-16(3)4/h5-9H2,1-4H3,(H,14,15). The van der Waals surface area contributed by atoms with Gasteiger partial charge in [-0.2, -0.15) is 0 Å². The minimum Gasteiger partial charge on any atom is -0.461 e. The molecule has 0 aliphatic rings. The van der Waals surface area contributed by atoms with Crippen molar-refractivity contribution in [2.45, 2.75) is 13.8 Å². The molecule has 1 heterocycles. The Hall–Kier alpha value is -1.18. The lowest BCUT2D eigenvalue weighted by molar-refractivity contribution is 0.0519. The molecule has 0 saturated heterocycles. The molecule has 114 valence electrons. The maximum absolute atomic E-state index is 11.6. The van der Waals surface area contributed by atoms with E-state index in [9.17, 15) is 4.79 Å². The zero-order valence-corrected chi connectivity index (χ0v) is 13.4. The monoisotopic (exact) mass is 301 g/mol. The Labute approximate surface area is 124 Å². The smallest absolute Gasteiger partial charge is 0.358 e. The van der Waals surface area contributed by atoms with Crippen molar-refractivity contribution in [1.82, 2.24) is 9.88 Å². The van der Waals surface area contributed by atoms with E-state index in [0.717, 1.165) is 16.6 Å². The molecule has 20 heavy (non-hydrogen) atoms. The molecule has 0 radical (unpaired) electrons. The van der Waals surface area contributed by atoms with Crippen LogP contribution in [0.3, 0.4) is 0 Å². The van der Waals surface area contributed by atoms with E-state index in [2.05, 4.69) is 15.2 Å². The lowest BCUT2D eigenvalue weighted by Gasteiger charge is -2.09. The van der Waals surface area contributed by atoms with Gasteiger partial charge in [0.1, 0.15) is 0 Å². The molecular formula is C13H23N3O3S. The number of hydrogen-bond donors (Lipinski definition) is 1. The summed E-state index contributed by atoms with van der Waals surface area (Å²) in [6, 6.07) is 0. The van der Waals surface area contributed by atoms with Crippen LogP contribution in [0, 0.1) is 6.92 Å². The van der Waals surface area contributed by atoms with E-state index in [4.69, 9.17) is 9.47 Å². The maximum Gasteiger partial charge on any atom is 0.358 e. The molecule has 7 heteroatoms. The number of anilines is 1. The second-order valence-corrected chi connectivity index (χ2v) is 5.69. The van der Waals surface area contributed by atoms with Gasteiger partial charge in [-0.15, -0.1) is 11.3 Å². The Morgan fingerprint density at radius 1 is 1.40 bits per heavy atom. The van der Waals surface area contributed by atoms with Gasteiger partial charge in [0.05, 0.1) is 19.8 Å². The van der Waals surface area contributed by atoms with Crippen LogP contribution in [-0.4, -0.2) is 62.9 Å². The van der Waals surface area contributed by atoms with Crippen LogP contribution in [0.15, 0.2) is 0 Å². The normalized spacial score (nSPS) is 10.8. The van der Waals surface area contributed by atoms with Crippen molar-refractivity contribution >= 4 is 22.4 Å². The number of nitrogens with zero attached hydrogens (tertiary/aromatic N) is 2. The van der Waals surface area contributed by atoms with Gasteiger partial charge in [-0.3, -0.25) is 0 Å². The first-order valence-corrected chi connectivity index (χ1v) is 7.47. The van der Waals surface area contributed by atoms with Gasteiger partial charge in [0.2, 0.25) is 0 Å². The number of aryl methyl sites for hydroxylation is 1. The SMILES string of the molecule is CCOC(=O)c1nc(NCCOCCN(C)C)sc1C. The quantitative estimate of drug-likeness (QED) is 0.552. The van der Waals surface area contributed by atoms with Crippen LogP contribution in [0.4, 0.5) is 5.13 Å². The average Bonchev–Trinajstić information content (AvgIpc) is 2.75. The molecule has 6 nitrogen and oxygen atoms in total. The molecule has 0 fully saturated rings. The third-order valence-electron chi connectivity index (χ3n) is 2.47. The van der Waals surface area contributed by atoms with Crippen molar-refractivity contribution in [3.05, 3.63) is 10.6 Å². The molecule has 0 saturated carbocycles. The highest BCUT2D eigenvalue weighted by Gasteiger charge is 2.15. The van der Waals surface area contributed by atoms with E-state index < -0.39 is 0 Å². The van der Waals surface area contributed by atoms with Crippen LogP contribution >= 0.6 is 11.3 Å². The average molecular weight is 301 g/mol. The Balaban J connectivity index is 2.31. The Kier molecular flexibility index (Phi) is 7.50. The summed E-state index contributed by atoms with van der Waals surface area (Å²) >= 11 is 1.45. The molecule has 0 unspecified atom stereocenters. The fraction of sp³-hybridized carbons (Fsp3) is 0.692. The highest BCUT2D eigenvalue weighted by molar-refractivity contribution is 7.15. The van der Waals surface area contributed by atoms with Gasteiger partial charge in [0.15, 0.2) is 10.8 Å². The van der Waals surface area contributed by atoms with Crippen LogP contribution in [0.5, 0.6) is 0 Å². The molecule has 0 amide bonds. The highest BCUT2D eigenvalue weighted by Crippen LogP contribution is 2.22. The molecule has 0 aromatic carbocycles. The van der Waals surface area contributed by atoms with E-state index >= 15 is 0 Å². The van der Waals surface area contributed by atoms with Crippen molar-refractivity contribution in [2.75, 3.05) is 52.3 Å². The summed E-state index contributed by atoms with van der Waals surface area (Å²) in [6.07, 6.45) is 0. The maximum atomic E-state index is 11.6. The number of nitrogens with one attached hydrogen (secondary N) is 1. The number of hydrogen-bond acceptors (Lipinski definition) is 7. The number of carbonyl (C=O) groups is 1. The van der Waals surface area contributed by atoms with E-state index in [-0.39, 0.29) is 5.97 Å². The Bertz CT molecular complexity index is 421. The summed E-state index contributed by atoms with van der Waals surface area (Å²) in [5.74, 6) is -0.364. The van der Waals surface area contributed by atoms with Crippen LogP contribution in [0.1, 0.15) is 22.3 Å². The van der Waals surface area contributed by atoms with Gasteiger partial charge in [-0.25, -0.2) is 9.78 Å². The third kappa shape index (κ3) is 5.85. The Morgan fingerprint density at radius 3 is 2.80 bits per heavy atom. The molecule has 0 aliphatic carbocycles. The van der Waals surface area contributed by atoms with Crippen LogP contribution < -0.4 is 5.32 Å². The predicted octanol–water partition coefficient (Wildman–Crippen LogP) is 1.62. The second-order valence-electron chi connectivity index (χ2n) is 4.49. The predicted molar refractivity (Wildman–Crippen MR) is 80.7 cm³/mol. The van der Waals surface area contributed by atoms with Gasteiger partial charge in [-0.05, 0) is 27.9 Å². The number of likely N-dealkylation sites (N-methyl/N-ethyl adjacent to an activating group) is 1. The first kappa shape index (κ1) is 16.9. The largest absolute Gasteiger partial charge is 0.461 e. The fourth-order valence-corrected chi connectivity index (χ4v) is 2.27. The van der Waals surface area contributed by atoms with Gasteiger partial charge in [0, 0.05) is 18.0 Å². The molecule has 0 aliphatic heterocycles. The lowest BCUT2D eigenvalue weighted by Crippen LogP contribution is -2.20. The molecule has 0 atom stereocenters. The minimum absolute atomic E-state index is 0.359. The number of rotatable bonds is 9. The summed E-state index contributed by atoms with van der Waals surface area (Å²) < 4.78 is 10.4. The van der Waals surface area contributed by atoms with Gasteiger partial charge < -0.3 is 19.7 Å². The third-order valence-corrected chi connectivity index (χ3v) is 3.40. The zero-order valence-electron chi connectivity index (χ0n) is 12.6. The molecule has 0 spiro atoms. The topological polar surface area (TPSA) is 63.7 Å². The van der Waals surface area contributed by atoms with Crippen molar-refractivity contribution < 1.29 is 14.3 Å². The van der Waals surface area contributed by atoms with E-state index in [1.54, 1.807) is 6.92 Å². The molecule has 1 aromatic heterocycles. The zero-order chi connectivity index (χ0) is 15.0. The molecule has 1 N–H and O–H groups in total. The fourth-order valence-electron chi connectivity index (χ4n) is 1.44. The Morgan fingerprint density at radius 2 is 2.15 bits per heavy atom. The highest BCUT2D eigenvalue weighted by atomic mass is 32.1. The van der Waals surface area contributed by atoms with Crippen LogP contribution in [0.2, 0.25) is 0 Å². The van der Waals surface area contributed by atoms with E-state index in [0.29, 0.717) is 32.1 Å². The molecule has 1 rings (SSSR count). The first-order chi connectivity index (χ1) is 9.54. The van der Waals surface area contributed by atoms with E-state index in [1.807, 2.05) is 21.0 Å². The van der Waals surface area contributed by atoms with Crippen molar-refractivity contribution in [2.24, 2.45) is 0 Å². The van der Waals surface area contributed by atoms with Crippen LogP contribution in [-0.2, 0) is 9.47 Å². The number of carbonyl (C=O) groups excluding carboxylic acids is 1. The van der Waals surface area contributed by atoms with E-state index in [1.165, 1.54) is 11.3 Å². The molecule has 0 bridgehead atoms. The molecular weight excluding hydrogens is 278 g/mol. The number of ether oxygens (including phenoxy) is 2. The number of thiazole rings is 1. The number of esters is 1. The van der Waals surface area contributed by atoms with Gasteiger partial charge >= 0.3 is 5.97 Å². The van der Waals surface area contributed by atoms with Crippen LogP contribution in [0.25, 0.3) is 0 Å². The second kappa shape index (κ2) is 8.89. The summed E-state index contributed by atoms with van der Waals surface area (Å²) in [7, 11) is 4.02. The number of aromatic nitrogens is 1. The van der Waals surface area contributed by atoms with Gasteiger partial charge in [0.25, 0.3) is 0 Å². The van der Waals surface area contributed by atoms with Crippen molar-refractivity contribution in [3.8, 4) is 0 Å². The summed E-state index contributed by atoms with van der Waals surface area (Å²) in [5, 5.41) is 3.88. The van der Waals surface area contributed by atoms with Gasteiger partial charge in [-0.1, -0.05) is 0 Å². The minimum atomic E-state index is -0.364. The van der Waals surface area contributed by atoms with Crippen molar-refractivity contribution in [1.29, 1.82) is 0 Å². The summed E-state index contributed by atoms with van der Waals surface area (Å²) in [6.45, 7) is 6.90. The molecule has 1 aromatic rings. The summed E-state index contributed by atoms with van der Waals surface area (Å²) in [5.41, 5.74) is 0.396. The summed E-state index contributed by atoms with van der Waals surface area (Å²) in [4.78, 5) is 18.8. The first-order valence-electron chi connectivity index (χ1n) is 6.65. The van der Waals surface area contributed by atoms with Crippen molar-refractivity contribution in [3.63, 3.8) is 0 Å².